The zero-order valence-electron chi connectivity index (χ0n) is 9.41. The van der Waals surface area contributed by atoms with Gasteiger partial charge in [-0.15, -0.1) is 3.89 Å². The van der Waals surface area contributed by atoms with Crippen molar-refractivity contribution in [3.63, 3.8) is 0 Å². The molecule has 2 rings (SSSR count). The van der Waals surface area contributed by atoms with Crippen molar-refractivity contribution in [2.24, 2.45) is 0 Å². The molecule has 1 atom stereocenters. The lowest BCUT2D eigenvalue weighted by Crippen LogP contribution is -2.28. The van der Waals surface area contributed by atoms with E-state index in [1.807, 2.05) is 0 Å². The molecule has 1 aliphatic heterocycles. The lowest BCUT2D eigenvalue weighted by Gasteiger charge is -2.13. The third-order valence-electron chi connectivity index (χ3n) is 2.58. The summed E-state index contributed by atoms with van der Waals surface area (Å²) in [5.74, 6) is -0.0848. The minimum absolute atomic E-state index is 0.0342. The number of anilines is 1. The molecule has 1 aromatic heterocycles. The first kappa shape index (κ1) is 12.7. The quantitative estimate of drug-likeness (QED) is 0.715. The number of aromatic nitrogens is 2. The first-order valence-electron chi connectivity index (χ1n) is 5.01. The van der Waals surface area contributed by atoms with Crippen LogP contribution >= 0.6 is 0 Å². The molecule has 18 heavy (non-hydrogen) atoms. The SMILES string of the molecule is COc1cnc(N2CC(S(=O)(=O)F)CC2=O)nc1. The van der Waals surface area contributed by atoms with Gasteiger partial charge in [0, 0.05) is 13.0 Å². The monoisotopic (exact) mass is 275 g/mol. The fraction of sp³-hybridized carbons (Fsp3) is 0.444. The van der Waals surface area contributed by atoms with E-state index >= 15 is 0 Å². The molecule has 1 saturated heterocycles. The summed E-state index contributed by atoms with van der Waals surface area (Å²) in [6, 6.07) is 0. The van der Waals surface area contributed by atoms with Crippen molar-refractivity contribution in [3.8, 4) is 5.75 Å². The predicted molar refractivity (Wildman–Crippen MR) is 59.4 cm³/mol. The molecule has 1 amide bonds. The fourth-order valence-electron chi connectivity index (χ4n) is 1.61. The number of rotatable bonds is 3. The number of nitrogens with zero attached hydrogens (tertiary/aromatic N) is 3. The topological polar surface area (TPSA) is 89.5 Å². The molecule has 7 nitrogen and oxygen atoms in total. The molecule has 0 saturated carbocycles. The Morgan fingerprint density at radius 2 is 2.06 bits per heavy atom. The van der Waals surface area contributed by atoms with E-state index in [-0.39, 0.29) is 12.5 Å². The van der Waals surface area contributed by atoms with Gasteiger partial charge in [0.1, 0.15) is 5.25 Å². The highest BCUT2D eigenvalue weighted by Gasteiger charge is 2.40. The molecular formula is C9H10FN3O4S. The van der Waals surface area contributed by atoms with Crippen molar-refractivity contribution in [3.05, 3.63) is 12.4 Å². The third-order valence-corrected chi connectivity index (χ3v) is 3.69. The van der Waals surface area contributed by atoms with Gasteiger partial charge in [0.15, 0.2) is 5.75 Å². The van der Waals surface area contributed by atoms with E-state index in [2.05, 4.69) is 9.97 Å². The van der Waals surface area contributed by atoms with Gasteiger partial charge in [0.2, 0.25) is 11.9 Å². The molecule has 0 spiro atoms. The van der Waals surface area contributed by atoms with Crippen LogP contribution in [-0.4, -0.2) is 43.2 Å². The summed E-state index contributed by atoms with van der Waals surface area (Å²) >= 11 is 0. The van der Waals surface area contributed by atoms with E-state index in [9.17, 15) is 17.1 Å². The molecule has 9 heteroatoms. The summed E-state index contributed by atoms with van der Waals surface area (Å²) in [5, 5.41) is -1.35. The lowest BCUT2D eigenvalue weighted by atomic mass is 10.4. The molecule has 0 aliphatic carbocycles. The van der Waals surface area contributed by atoms with Crippen LogP contribution in [0.4, 0.5) is 9.83 Å². The average molecular weight is 275 g/mol. The fourth-order valence-corrected chi connectivity index (χ4v) is 2.28. The summed E-state index contributed by atoms with van der Waals surface area (Å²) < 4.78 is 39.2. The van der Waals surface area contributed by atoms with Gasteiger partial charge in [-0.3, -0.25) is 9.69 Å². The van der Waals surface area contributed by atoms with Crippen molar-refractivity contribution in [1.82, 2.24) is 9.97 Å². The van der Waals surface area contributed by atoms with E-state index < -0.39 is 27.8 Å². The van der Waals surface area contributed by atoms with E-state index in [0.717, 1.165) is 4.90 Å². The molecule has 98 valence electrons. The number of methoxy groups -OCH3 is 1. The number of carbonyl (C=O) groups is 1. The minimum atomic E-state index is -4.73. The molecule has 0 aromatic carbocycles. The second-order valence-electron chi connectivity index (χ2n) is 3.73. The van der Waals surface area contributed by atoms with Gasteiger partial charge < -0.3 is 4.74 Å². The Hall–Kier alpha value is -1.77. The zero-order valence-corrected chi connectivity index (χ0v) is 10.2. The Bertz CT molecular complexity index is 560. The van der Waals surface area contributed by atoms with Crippen molar-refractivity contribution >= 4 is 22.1 Å². The van der Waals surface area contributed by atoms with E-state index in [1.165, 1.54) is 19.5 Å². The van der Waals surface area contributed by atoms with Gasteiger partial charge in [-0.1, -0.05) is 0 Å². The Morgan fingerprint density at radius 1 is 1.44 bits per heavy atom. The summed E-state index contributed by atoms with van der Waals surface area (Å²) in [6.07, 6.45) is 2.29. The van der Waals surface area contributed by atoms with E-state index in [1.54, 1.807) is 0 Å². The van der Waals surface area contributed by atoms with Gasteiger partial charge in [-0.05, 0) is 0 Å². The largest absolute Gasteiger partial charge is 0.494 e. The second kappa shape index (κ2) is 4.48. The van der Waals surface area contributed by atoms with Crippen LogP contribution in [0.3, 0.4) is 0 Å². The maximum absolute atomic E-state index is 12.8. The van der Waals surface area contributed by atoms with Crippen LogP contribution in [0.1, 0.15) is 6.42 Å². The number of amides is 1. The number of hydrogen-bond donors (Lipinski definition) is 0. The van der Waals surface area contributed by atoms with Crippen molar-refractivity contribution in [1.29, 1.82) is 0 Å². The zero-order chi connectivity index (χ0) is 13.3. The molecule has 1 aromatic rings. The van der Waals surface area contributed by atoms with Crippen molar-refractivity contribution < 1.29 is 21.8 Å². The summed E-state index contributed by atoms with van der Waals surface area (Å²) in [5.41, 5.74) is 0. The number of ether oxygens (including phenoxy) is 1. The lowest BCUT2D eigenvalue weighted by molar-refractivity contribution is -0.117. The number of carbonyl (C=O) groups excluding carboxylic acids is 1. The van der Waals surface area contributed by atoms with Gasteiger partial charge >= 0.3 is 10.2 Å². The third kappa shape index (κ3) is 2.40. The van der Waals surface area contributed by atoms with Crippen LogP contribution in [0.5, 0.6) is 5.75 Å². The highest BCUT2D eigenvalue weighted by atomic mass is 32.3. The van der Waals surface area contributed by atoms with Gasteiger partial charge in [-0.2, -0.15) is 8.42 Å². The Morgan fingerprint density at radius 3 is 2.50 bits per heavy atom. The summed E-state index contributed by atoms with van der Waals surface area (Å²) in [7, 11) is -3.30. The second-order valence-corrected chi connectivity index (χ2v) is 5.35. The first-order chi connectivity index (χ1) is 8.41. The van der Waals surface area contributed by atoms with Gasteiger partial charge in [0.05, 0.1) is 19.5 Å². The molecule has 1 unspecified atom stereocenters. The molecule has 0 bridgehead atoms. The average Bonchev–Trinajstić information content (AvgIpc) is 2.71. The smallest absolute Gasteiger partial charge is 0.307 e. The summed E-state index contributed by atoms with van der Waals surface area (Å²) in [6.45, 7) is -0.274. The van der Waals surface area contributed by atoms with Crippen LogP contribution in [-0.2, 0) is 15.0 Å². The Balaban J connectivity index is 2.21. The van der Waals surface area contributed by atoms with Gasteiger partial charge in [-0.25, -0.2) is 9.97 Å². The molecule has 1 aliphatic rings. The number of hydrogen-bond acceptors (Lipinski definition) is 6. The van der Waals surface area contributed by atoms with Crippen LogP contribution in [0.25, 0.3) is 0 Å². The molecule has 2 heterocycles. The van der Waals surface area contributed by atoms with Gasteiger partial charge in [0.25, 0.3) is 0 Å². The van der Waals surface area contributed by atoms with Crippen LogP contribution < -0.4 is 9.64 Å². The van der Waals surface area contributed by atoms with Crippen molar-refractivity contribution in [2.75, 3.05) is 18.6 Å². The predicted octanol–water partition coefficient (Wildman–Crippen LogP) is -0.110. The van der Waals surface area contributed by atoms with Crippen LogP contribution in [0, 0.1) is 0 Å². The van der Waals surface area contributed by atoms with Crippen LogP contribution in [0.2, 0.25) is 0 Å². The molecule has 0 N–H and O–H groups in total. The Labute approximate surface area is 103 Å². The molecular weight excluding hydrogens is 265 g/mol. The van der Waals surface area contributed by atoms with Crippen LogP contribution in [0.15, 0.2) is 12.4 Å². The molecule has 1 fully saturated rings. The van der Waals surface area contributed by atoms with Crippen molar-refractivity contribution in [2.45, 2.75) is 11.7 Å². The standard InChI is InChI=1S/C9H10FN3O4S/c1-17-6-3-11-9(12-4-6)13-5-7(2-8(13)14)18(10,15)16/h3-4,7H,2,5H2,1H3. The number of halogens is 1. The minimum Gasteiger partial charge on any atom is -0.494 e. The summed E-state index contributed by atoms with van der Waals surface area (Å²) in [4.78, 5) is 20.3. The highest BCUT2D eigenvalue weighted by molar-refractivity contribution is 7.87. The Kier molecular flexibility index (Phi) is 3.16. The molecule has 0 radical (unpaired) electrons. The maximum Gasteiger partial charge on any atom is 0.307 e. The first-order valence-corrected chi connectivity index (χ1v) is 6.46. The maximum atomic E-state index is 12.8. The van der Waals surface area contributed by atoms with E-state index in [4.69, 9.17) is 4.74 Å². The van der Waals surface area contributed by atoms with E-state index in [0.29, 0.717) is 5.75 Å². The highest BCUT2D eigenvalue weighted by Crippen LogP contribution is 2.23. The normalized spacial score (nSPS) is 20.2.